The molecule has 1 aliphatic rings. The summed E-state index contributed by atoms with van der Waals surface area (Å²) in [4.78, 5) is 27.8. The van der Waals surface area contributed by atoms with Gasteiger partial charge in [0.1, 0.15) is 0 Å². The molecule has 0 spiro atoms. The number of hydrogen-bond acceptors (Lipinski definition) is 5. The Balaban J connectivity index is 1.33. The molecule has 0 saturated carbocycles. The summed E-state index contributed by atoms with van der Waals surface area (Å²) >= 11 is 0. The van der Waals surface area contributed by atoms with Gasteiger partial charge in [0.05, 0.1) is 16.5 Å². The minimum Gasteiger partial charge on any atom is -0.339 e. The second-order valence-electron chi connectivity index (χ2n) is 9.55. The smallest absolute Gasteiger partial charge is 0.319 e. The van der Waals surface area contributed by atoms with E-state index in [0.29, 0.717) is 35.8 Å². The second kappa shape index (κ2) is 11.5. The highest BCUT2D eigenvalue weighted by Gasteiger charge is 2.25. The number of nitrogens with zero attached hydrogens (tertiary/aromatic N) is 2. The third-order valence-electron chi connectivity index (χ3n) is 6.83. The van der Waals surface area contributed by atoms with E-state index < -0.39 is 15.9 Å². The number of anilines is 1. The average molecular weight is 531 g/mol. The van der Waals surface area contributed by atoms with Gasteiger partial charge in [0.25, 0.3) is 5.91 Å². The van der Waals surface area contributed by atoms with Crippen LogP contribution in [0.15, 0.2) is 71.6 Å². The Morgan fingerprint density at radius 1 is 1.00 bits per heavy atom. The molecule has 0 radical (unpaired) electrons. The van der Waals surface area contributed by atoms with Crippen LogP contribution in [0.5, 0.6) is 0 Å². The molecule has 3 aromatic carbocycles. The predicted octanol–water partition coefficient (Wildman–Crippen LogP) is 4.61. The molecule has 0 unspecified atom stereocenters. The van der Waals surface area contributed by atoms with Crippen molar-refractivity contribution in [3.63, 3.8) is 0 Å². The van der Waals surface area contributed by atoms with Crippen LogP contribution < -0.4 is 10.6 Å². The maximum absolute atomic E-state index is 13.2. The molecule has 2 N–H and O–H groups in total. The predicted molar refractivity (Wildman–Crippen MR) is 146 cm³/mol. The maximum atomic E-state index is 13.2. The van der Waals surface area contributed by atoms with Crippen LogP contribution in [0, 0.1) is 18.3 Å². The molecule has 0 aromatic heterocycles. The number of nitrogens with one attached hydrogen (secondary N) is 2. The van der Waals surface area contributed by atoms with E-state index in [0.717, 1.165) is 30.2 Å². The number of urea groups is 1. The first-order valence-electron chi connectivity index (χ1n) is 12.4. The number of carbonyl (C=O) groups is 2. The summed E-state index contributed by atoms with van der Waals surface area (Å²) in [6.45, 7) is 3.36. The van der Waals surface area contributed by atoms with E-state index in [4.69, 9.17) is 5.26 Å². The molecular weight excluding hydrogens is 500 g/mol. The first-order valence-corrected chi connectivity index (χ1v) is 14.3. The van der Waals surface area contributed by atoms with Gasteiger partial charge < -0.3 is 15.5 Å². The zero-order valence-corrected chi connectivity index (χ0v) is 22.2. The van der Waals surface area contributed by atoms with Crippen molar-refractivity contribution in [1.82, 2.24) is 10.2 Å². The fraction of sp³-hybridized carbons (Fsp3) is 0.276. The Hall–Kier alpha value is -4.16. The number of likely N-dealkylation sites (tertiary alicyclic amines) is 1. The van der Waals surface area contributed by atoms with Crippen LogP contribution in [-0.2, 0) is 16.4 Å². The molecule has 38 heavy (non-hydrogen) atoms. The molecule has 0 atom stereocenters. The van der Waals surface area contributed by atoms with Crippen molar-refractivity contribution < 1.29 is 18.0 Å². The van der Waals surface area contributed by atoms with Crippen LogP contribution in [0.1, 0.15) is 51.4 Å². The lowest BCUT2D eigenvalue weighted by Crippen LogP contribution is -2.38. The van der Waals surface area contributed by atoms with Crippen molar-refractivity contribution in [2.75, 3.05) is 24.7 Å². The van der Waals surface area contributed by atoms with Crippen LogP contribution in [0.25, 0.3) is 0 Å². The topological polar surface area (TPSA) is 119 Å². The summed E-state index contributed by atoms with van der Waals surface area (Å²) in [6, 6.07) is 21.0. The molecule has 1 heterocycles. The van der Waals surface area contributed by atoms with E-state index >= 15 is 0 Å². The lowest BCUT2D eigenvalue weighted by Gasteiger charge is -2.32. The Kier molecular flexibility index (Phi) is 8.13. The number of sulfone groups is 1. The molecule has 1 fully saturated rings. The summed E-state index contributed by atoms with van der Waals surface area (Å²) in [5.74, 6) is 0.283. The lowest BCUT2D eigenvalue weighted by molar-refractivity contribution is 0.0713. The maximum Gasteiger partial charge on any atom is 0.319 e. The molecule has 3 amide bonds. The number of rotatable bonds is 6. The molecule has 1 saturated heterocycles. The average Bonchev–Trinajstić information content (AvgIpc) is 2.92. The van der Waals surface area contributed by atoms with Gasteiger partial charge >= 0.3 is 6.03 Å². The van der Waals surface area contributed by atoms with Gasteiger partial charge in [0.15, 0.2) is 9.84 Å². The van der Waals surface area contributed by atoms with Gasteiger partial charge in [-0.1, -0.05) is 30.3 Å². The zero-order chi connectivity index (χ0) is 27.3. The lowest BCUT2D eigenvalue weighted by atomic mass is 9.89. The fourth-order valence-electron chi connectivity index (χ4n) is 4.52. The largest absolute Gasteiger partial charge is 0.339 e. The highest BCUT2D eigenvalue weighted by atomic mass is 32.2. The van der Waals surface area contributed by atoms with Crippen LogP contribution >= 0.6 is 0 Å². The van der Waals surface area contributed by atoms with E-state index in [-0.39, 0.29) is 17.3 Å². The van der Waals surface area contributed by atoms with E-state index in [2.05, 4.69) is 16.7 Å². The van der Waals surface area contributed by atoms with Crippen LogP contribution in [0.4, 0.5) is 10.5 Å². The van der Waals surface area contributed by atoms with E-state index in [9.17, 15) is 18.0 Å². The number of nitriles is 1. The first kappa shape index (κ1) is 26.9. The number of carbonyl (C=O) groups excluding carboxylic acids is 2. The van der Waals surface area contributed by atoms with Gasteiger partial charge in [-0.2, -0.15) is 5.26 Å². The van der Waals surface area contributed by atoms with Crippen LogP contribution in [0.3, 0.4) is 0 Å². The molecule has 3 aromatic rings. The van der Waals surface area contributed by atoms with Gasteiger partial charge in [-0.25, -0.2) is 13.2 Å². The summed E-state index contributed by atoms with van der Waals surface area (Å²) in [5.41, 5.74) is 4.48. The minimum absolute atomic E-state index is 0.0716. The number of hydrogen-bond donors (Lipinski definition) is 2. The molecule has 4 rings (SSSR count). The van der Waals surface area contributed by atoms with E-state index in [1.807, 2.05) is 42.2 Å². The molecule has 0 aliphatic carbocycles. The SMILES string of the molecule is Cc1ccc(C(=O)N2CCC(c3ccc(C#N)cc3)CC2)cc1NC(=O)NCc1ccc(S(C)(=O)=O)cc1. The van der Waals surface area contributed by atoms with E-state index in [1.54, 1.807) is 24.3 Å². The van der Waals surface area contributed by atoms with Gasteiger partial charge in [0, 0.05) is 37.1 Å². The Labute approximate surface area is 223 Å². The monoisotopic (exact) mass is 530 g/mol. The summed E-state index contributed by atoms with van der Waals surface area (Å²) < 4.78 is 23.2. The summed E-state index contributed by atoms with van der Waals surface area (Å²) in [7, 11) is -3.27. The third kappa shape index (κ3) is 6.58. The molecule has 0 bridgehead atoms. The Morgan fingerprint density at radius 3 is 2.26 bits per heavy atom. The first-order chi connectivity index (χ1) is 18.1. The third-order valence-corrected chi connectivity index (χ3v) is 7.96. The van der Waals surface area contributed by atoms with Crippen molar-refractivity contribution in [1.29, 1.82) is 5.26 Å². The molecule has 196 valence electrons. The summed E-state index contributed by atoms with van der Waals surface area (Å²) in [5, 5.41) is 14.6. The number of aryl methyl sites for hydroxylation is 1. The fourth-order valence-corrected chi connectivity index (χ4v) is 5.15. The van der Waals surface area contributed by atoms with Crippen molar-refractivity contribution >= 4 is 27.5 Å². The van der Waals surface area contributed by atoms with Crippen molar-refractivity contribution in [3.8, 4) is 6.07 Å². The van der Waals surface area contributed by atoms with E-state index in [1.165, 1.54) is 17.7 Å². The molecule has 9 heteroatoms. The van der Waals surface area contributed by atoms with Crippen LogP contribution in [-0.4, -0.2) is 44.6 Å². The highest BCUT2D eigenvalue weighted by molar-refractivity contribution is 7.90. The second-order valence-corrected chi connectivity index (χ2v) is 11.6. The Morgan fingerprint density at radius 2 is 1.66 bits per heavy atom. The minimum atomic E-state index is -3.27. The highest BCUT2D eigenvalue weighted by Crippen LogP contribution is 2.29. The normalized spacial score (nSPS) is 14.0. The Bertz CT molecular complexity index is 1470. The molecular formula is C29H30N4O4S. The van der Waals surface area contributed by atoms with Gasteiger partial charge in [-0.3, -0.25) is 4.79 Å². The van der Waals surface area contributed by atoms with Crippen molar-refractivity contribution in [2.24, 2.45) is 0 Å². The van der Waals surface area contributed by atoms with Crippen molar-refractivity contribution in [2.45, 2.75) is 37.1 Å². The van der Waals surface area contributed by atoms with Crippen LogP contribution in [0.2, 0.25) is 0 Å². The van der Waals surface area contributed by atoms with Gasteiger partial charge in [0.2, 0.25) is 0 Å². The van der Waals surface area contributed by atoms with Crippen molar-refractivity contribution in [3.05, 3.63) is 94.5 Å². The zero-order valence-electron chi connectivity index (χ0n) is 21.4. The quantitative estimate of drug-likeness (QED) is 0.482. The number of piperidine rings is 1. The van der Waals surface area contributed by atoms with Gasteiger partial charge in [-0.05, 0) is 78.8 Å². The number of benzene rings is 3. The molecule has 1 aliphatic heterocycles. The van der Waals surface area contributed by atoms with Gasteiger partial charge in [-0.15, -0.1) is 0 Å². The summed E-state index contributed by atoms with van der Waals surface area (Å²) in [6.07, 6.45) is 2.85. The number of amides is 3. The standard InChI is InChI=1S/C29H30N4O4S/c1-20-3-8-25(28(34)33-15-13-24(14-16-33)23-9-4-21(18-30)5-10-23)17-27(20)32-29(35)31-19-22-6-11-26(12-7-22)38(2,36)37/h3-12,17,24H,13-16,19H2,1-2H3,(H2,31,32,35). The molecule has 8 nitrogen and oxygen atoms in total.